The van der Waals surface area contributed by atoms with Crippen LogP contribution in [0.1, 0.15) is 29.5 Å². The molecule has 0 saturated heterocycles. The summed E-state index contributed by atoms with van der Waals surface area (Å²) in [5.74, 6) is 0. The number of hydrogen-bond acceptors (Lipinski definition) is 2. The number of rotatable bonds is 4. The number of fused-ring (bicyclic) bond motifs is 2. The predicted molar refractivity (Wildman–Crippen MR) is 89.7 cm³/mol. The molecule has 0 aromatic heterocycles. The molecule has 1 aliphatic rings. The minimum atomic E-state index is 0.979. The Labute approximate surface area is 127 Å². The molecule has 21 heavy (non-hydrogen) atoms. The molecule has 0 aliphatic carbocycles. The van der Waals surface area contributed by atoms with E-state index in [0.29, 0.717) is 0 Å². The zero-order chi connectivity index (χ0) is 14.7. The number of aliphatic imine (C=N–C) groups is 1. The van der Waals surface area contributed by atoms with Crippen molar-refractivity contribution in [2.45, 2.75) is 19.3 Å². The molecule has 108 valence electrons. The van der Waals surface area contributed by atoms with Crippen LogP contribution in [0.2, 0.25) is 0 Å². The van der Waals surface area contributed by atoms with Gasteiger partial charge in [0.05, 0.1) is 5.69 Å². The lowest BCUT2D eigenvalue weighted by Crippen LogP contribution is -2.14. The van der Waals surface area contributed by atoms with Gasteiger partial charge in [0.25, 0.3) is 0 Å². The summed E-state index contributed by atoms with van der Waals surface area (Å²) in [5, 5.41) is 0. The summed E-state index contributed by atoms with van der Waals surface area (Å²) in [5.41, 5.74) is 6.41. The van der Waals surface area contributed by atoms with Crippen molar-refractivity contribution in [3.63, 3.8) is 0 Å². The highest BCUT2D eigenvalue weighted by Crippen LogP contribution is 2.29. The average molecular weight is 278 g/mol. The number of nitrogens with zero attached hydrogens (tertiary/aromatic N) is 2. The summed E-state index contributed by atoms with van der Waals surface area (Å²) < 4.78 is 0. The number of benzene rings is 2. The van der Waals surface area contributed by atoms with E-state index in [0.717, 1.165) is 31.5 Å². The molecular weight excluding hydrogens is 256 g/mol. The SMILES string of the molecule is CN(C)CCCC1=Nc2ccccc2Cc2ccccc21. The van der Waals surface area contributed by atoms with Gasteiger partial charge in [-0.15, -0.1) is 0 Å². The lowest BCUT2D eigenvalue weighted by atomic mass is 9.96. The highest BCUT2D eigenvalue weighted by molar-refractivity contribution is 6.04. The maximum Gasteiger partial charge on any atom is 0.0668 e. The molecule has 2 aromatic carbocycles. The van der Waals surface area contributed by atoms with E-state index in [-0.39, 0.29) is 0 Å². The monoisotopic (exact) mass is 278 g/mol. The maximum absolute atomic E-state index is 4.98. The zero-order valence-electron chi connectivity index (χ0n) is 12.8. The first-order valence-corrected chi connectivity index (χ1v) is 7.62. The van der Waals surface area contributed by atoms with Crippen molar-refractivity contribution in [3.8, 4) is 0 Å². The highest BCUT2D eigenvalue weighted by Gasteiger charge is 2.15. The van der Waals surface area contributed by atoms with Gasteiger partial charge in [-0.25, -0.2) is 0 Å². The second-order valence-corrected chi connectivity index (χ2v) is 5.93. The first kappa shape index (κ1) is 14.0. The third-order valence-corrected chi connectivity index (χ3v) is 3.98. The van der Waals surface area contributed by atoms with Gasteiger partial charge in [-0.3, -0.25) is 4.99 Å². The van der Waals surface area contributed by atoms with E-state index in [1.54, 1.807) is 0 Å². The summed E-state index contributed by atoms with van der Waals surface area (Å²) >= 11 is 0. The molecule has 2 heteroatoms. The Morgan fingerprint density at radius 1 is 0.952 bits per heavy atom. The van der Waals surface area contributed by atoms with Gasteiger partial charge in [0.15, 0.2) is 0 Å². The lowest BCUT2D eigenvalue weighted by Gasteiger charge is -2.12. The molecule has 2 nitrogen and oxygen atoms in total. The minimum absolute atomic E-state index is 0.979. The Balaban J connectivity index is 1.96. The maximum atomic E-state index is 4.98. The van der Waals surface area contributed by atoms with Gasteiger partial charge in [-0.05, 0) is 56.2 Å². The molecule has 0 N–H and O–H groups in total. The van der Waals surface area contributed by atoms with Gasteiger partial charge in [0.1, 0.15) is 0 Å². The lowest BCUT2D eigenvalue weighted by molar-refractivity contribution is 0.404. The van der Waals surface area contributed by atoms with Gasteiger partial charge in [-0.2, -0.15) is 0 Å². The van der Waals surface area contributed by atoms with Crippen LogP contribution in [-0.2, 0) is 6.42 Å². The number of hydrogen-bond donors (Lipinski definition) is 0. The Morgan fingerprint density at radius 2 is 1.67 bits per heavy atom. The summed E-state index contributed by atoms with van der Waals surface area (Å²) in [6, 6.07) is 17.2. The zero-order valence-corrected chi connectivity index (χ0v) is 12.8. The van der Waals surface area contributed by atoms with Crippen molar-refractivity contribution in [2.75, 3.05) is 20.6 Å². The van der Waals surface area contributed by atoms with E-state index in [4.69, 9.17) is 4.99 Å². The smallest absolute Gasteiger partial charge is 0.0668 e. The second kappa shape index (κ2) is 6.23. The molecule has 3 rings (SSSR count). The Hall–Kier alpha value is -1.93. The number of para-hydroxylation sites is 1. The van der Waals surface area contributed by atoms with E-state index in [1.807, 2.05) is 0 Å². The van der Waals surface area contributed by atoms with Crippen molar-refractivity contribution < 1.29 is 0 Å². The van der Waals surface area contributed by atoms with Gasteiger partial charge < -0.3 is 4.90 Å². The molecule has 0 fully saturated rings. The summed E-state index contributed by atoms with van der Waals surface area (Å²) in [7, 11) is 4.25. The van der Waals surface area contributed by atoms with Crippen LogP contribution in [0.15, 0.2) is 53.5 Å². The molecule has 0 spiro atoms. The van der Waals surface area contributed by atoms with Crippen LogP contribution in [0.25, 0.3) is 0 Å². The van der Waals surface area contributed by atoms with E-state index >= 15 is 0 Å². The van der Waals surface area contributed by atoms with E-state index in [2.05, 4.69) is 67.5 Å². The second-order valence-electron chi connectivity index (χ2n) is 5.93. The van der Waals surface area contributed by atoms with Gasteiger partial charge in [0.2, 0.25) is 0 Å². The van der Waals surface area contributed by atoms with Crippen LogP contribution in [0, 0.1) is 0 Å². The van der Waals surface area contributed by atoms with Gasteiger partial charge in [-0.1, -0.05) is 42.5 Å². The minimum Gasteiger partial charge on any atom is -0.309 e. The van der Waals surface area contributed by atoms with Gasteiger partial charge >= 0.3 is 0 Å². The van der Waals surface area contributed by atoms with Crippen molar-refractivity contribution in [2.24, 2.45) is 4.99 Å². The summed E-state index contributed by atoms with van der Waals surface area (Å²) in [4.78, 5) is 7.21. The molecule has 1 heterocycles. The van der Waals surface area contributed by atoms with E-state index in [1.165, 1.54) is 22.4 Å². The van der Waals surface area contributed by atoms with Crippen LogP contribution < -0.4 is 0 Å². The van der Waals surface area contributed by atoms with Crippen LogP contribution in [0.3, 0.4) is 0 Å². The topological polar surface area (TPSA) is 15.6 Å². The quantitative estimate of drug-likeness (QED) is 0.823. The molecule has 0 saturated carbocycles. The molecule has 1 aliphatic heterocycles. The fraction of sp³-hybridized carbons (Fsp3) is 0.316. The molecule has 0 atom stereocenters. The Bertz CT molecular complexity index is 656. The molecule has 0 unspecified atom stereocenters. The molecule has 0 bridgehead atoms. The third-order valence-electron chi connectivity index (χ3n) is 3.98. The summed E-state index contributed by atoms with van der Waals surface area (Å²) in [6.45, 7) is 1.10. The van der Waals surface area contributed by atoms with E-state index < -0.39 is 0 Å². The fourth-order valence-electron chi connectivity index (χ4n) is 2.89. The average Bonchev–Trinajstić information content (AvgIpc) is 2.63. The standard InChI is InChI=1S/C19H22N2/c1-21(2)13-7-12-19-17-10-5-3-8-15(17)14-16-9-4-6-11-18(16)20-19/h3-6,8-11H,7,12-14H2,1-2H3. The first-order chi connectivity index (χ1) is 10.2. The molecular formula is C19H22N2. The van der Waals surface area contributed by atoms with Gasteiger partial charge in [0, 0.05) is 12.1 Å². The van der Waals surface area contributed by atoms with Crippen molar-refractivity contribution >= 4 is 11.4 Å². The fourth-order valence-corrected chi connectivity index (χ4v) is 2.89. The summed E-state index contributed by atoms with van der Waals surface area (Å²) in [6.07, 6.45) is 3.15. The Morgan fingerprint density at radius 3 is 2.48 bits per heavy atom. The largest absolute Gasteiger partial charge is 0.309 e. The van der Waals surface area contributed by atoms with Crippen LogP contribution >= 0.6 is 0 Å². The molecule has 0 amide bonds. The van der Waals surface area contributed by atoms with Crippen molar-refractivity contribution in [3.05, 3.63) is 65.2 Å². The molecule has 2 aromatic rings. The van der Waals surface area contributed by atoms with Crippen molar-refractivity contribution in [1.82, 2.24) is 4.90 Å². The van der Waals surface area contributed by atoms with Crippen LogP contribution in [0.4, 0.5) is 5.69 Å². The first-order valence-electron chi connectivity index (χ1n) is 7.62. The Kier molecular flexibility index (Phi) is 4.16. The molecule has 0 radical (unpaired) electrons. The third kappa shape index (κ3) is 3.22. The predicted octanol–water partition coefficient (Wildman–Crippen LogP) is 4.05. The van der Waals surface area contributed by atoms with Crippen LogP contribution in [-0.4, -0.2) is 31.3 Å². The van der Waals surface area contributed by atoms with Crippen LogP contribution in [0.5, 0.6) is 0 Å². The normalized spacial score (nSPS) is 13.4. The van der Waals surface area contributed by atoms with Crippen molar-refractivity contribution in [1.29, 1.82) is 0 Å². The van der Waals surface area contributed by atoms with E-state index in [9.17, 15) is 0 Å². The highest BCUT2D eigenvalue weighted by atomic mass is 15.0.